The molecule has 0 radical (unpaired) electrons. The summed E-state index contributed by atoms with van der Waals surface area (Å²) < 4.78 is 0. The van der Waals surface area contributed by atoms with E-state index in [2.05, 4.69) is 34.6 Å². The minimum atomic E-state index is -0.0912. The summed E-state index contributed by atoms with van der Waals surface area (Å²) in [6.07, 6.45) is 2.80. The van der Waals surface area contributed by atoms with Gasteiger partial charge in [-0.3, -0.25) is 4.79 Å². The molecule has 3 heteroatoms. The molecule has 122 valence electrons. The molecule has 4 aromatic rings. The van der Waals surface area contributed by atoms with Crippen LogP contribution in [0.3, 0.4) is 0 Å². The molecule has 25 heavy (non-hydrogen) atoms. The van der Waals surface area contributed by atoms with E-state index >= 15 is 0 Å². The van der Waals surface area contributed by atoms with Crippen LogP contribution >= 0.6 is 0 Å². The van der Waals surface area contributed by atoms with Gasteiger partial charge in [-0.1, -0.05) is 36.4 Å². The number of para-hydroxylation sites is 1. The molecular formula is C22H18N2O. The highest BCUT2D eigenvalue weighted by Crippen LogP contribution is 2.18. The second kappa shape index (κ2) is 6.65. The van der Waals surface area contributed by atoms with E-state index in [-0.39, 0.29) is 5.91 Å². The molecule has 1 heterocycles. The molecule has 2 N–H and O–H groups in total. The van der Waals surface area contributed by atoms with E-state index < -0.39 is 0 Å². The summed E-state index contributed by atoms with van der Waals surface area (Å²) in [7, 11) is 0. The van der Waals surface area contributed by atoms with Gasteiger partial charge in [0.25, 0.3) is 5.91 Å². The molecule has 0 saturated carbocycles. The Labute approximate surface area is 146 Å². The van der Waals surface area contributed by atoms with Crippen LogP contribution in [-0.4, -0.2) is 10.9 Å². The molecule has 1 amide bonds. The topological polar surface area (TPSA) is 44.9 Å². The Bertz CT molecular complexity index is 1000. The third-order valence-electron chi connectivity index (χ3n) is 4.27. The summed E-state index contributed by atoms with van der Waals surface area (Å²) in [5.41, 5.74) is 5.06. The first-order valence-electron chi connectivity index (χ1n) is 8.29. The number of carbonyl (C=O) groups is 1. The lowest BCUT2D eigenvalue weighted by molar-refractivity contribution is 0.102. The van der Waals surface area contributed by atoms with Crippen molar-refractivity contribution in [2.45, 2.75) is 6.42 Å². The van der Waals surface area contributed by atoms with E-state index in [1.54, 1.807) is 0 Å². The zero-order valence-electron chi connectivity index (χ0n) is 13.7. The lowest BCUT2D eigenvalue weighted by atomic mass is 10.0. The standard InChI is InChI=1S/C22H18N2O/c25-22(24-20-4-2-1-3-5-20)18-9-6-16(7-10-18)14-17-8-11-21-19(15-17)12-13-23-21/h1-13,15,23H,14H2,(H,24,25). The van der Waals surface area contributed by atoms with Crippen molar-refractivity contribution < 1.29 is 4.79 Å². The van der Waals surface area contributed by atoms with Gasteiger partial charge in [-0.25, -0.2) is 0 Å². The number of benzene rings is 3. The van der Waals surface area contributed by atoms with Crippen LogP contribution in [0.4, 0.5) is 5.69 Å². The van der Waals surface area contributed by atoms with Crippen molar-refractivity contribution in [1.82, 2.24) is 4.98 Å². The molecular weight excluding hydrogens is 308 g/mol. The van der Waals surface area contributed by atoms with Crippen LogP contribution in [0.15, 0.2) is 85.1 Å². The molecule has 0 saturated heterocycles. The van der Waals surface area contributed by atoms with Crippen LogP contribution in [0.25, 0.3) is 10.9 Å². The zero-order chi connectivity index (χ0) is 17.1. The second-order valence-corrected chi connectivity index (χ2v) is 6.09. The van der Waals surface area contributed by atoms with E-state index in [1.807, 2.05) is 60.8 Å². The van der Waals surface area contributed by atoms with Crippen LogP contribution in [-0.2, 0) is 6.42 Å². The molecule has 3 nitrogen and oxygen atoms in total. The summed E-state index contributed by atoms with van der Waals surface area (Å²) in [6.45, 7) is 0. The van der Waals surface area contributed by atoms with Gasteiger partial charge in [-0.15, -0.1) is 0 Å². The molecule has 0 unspecified atom stereocenters. The van der Waals surface area contributed by atoms with Gasteiger partial charge < -0.3 is 10.3 Å². The number of carbonyl (C=O) groups excluding carboxylic acids is 1. The van der Waals surface area contributed by atoms with E-state index in [9.17, 15) is 4.79 Å². The van der Waals surface area contributed by atoms with Gasteiger partial charge in [0.1, 0.15) is 0 Å². The number of aromatic nitrogens is 1. The predicted molar refractivity (Wildman–Crippen MR) is 102 cm³/mol. The lowest BCUT2D eigenvalue weighted by Crippen LogP contribution is -2.11. The van der Waals surface area contributed by atoms with Crippen molar-refractivity contribution in [2.24, 2.45) is 0 Å². The first-order valence-corrected chi connectivity index (χ1v) is 8.29. The predicted octanol–water partition coefficient (Wildman–Crippen LogP) is 5.01. The van der Waals surface area contributed by atoms with Gasteiger partial charge in [-0.05, 0) is 65.4 Å². The maximum atomic E-state index is 12.3. The molecule has 0 aliphatic heterocycles. The monoisotopic (exact) mass is 326 g/mol. The Hall–Kier alpha value is -3.33. The molecule has 1 aromatic heterocycles. The van der Waals surface area contributed by atoms with Crippen molar-refractivity contribution in [2.75, 3.05) is 5.32 Å². The third kappa shape index (κ3) is 3.45. The molecule has 0 aliphatic carbocycles. The fraction of sp³-hybridized carbons (Fsp3) is 0.0455. The van der Waals surface area contributed by atoms with Gasteiger partial charge in [0.2, 0.25) is 0 Å². The van der Waals surface area contributed by atoms with E-state index in [0.717, 1.165) is 17.6 Å². The zero-order valence-corrected chi connectivity index (χ0v) is 13.7. The van der Waals surface area contributed by atoms with Crippen LogP contribution in [0.5, 0.6) is 0 Å². The first-order chi connectivity index (χ1) is 12.3. The summed E-state index contributed by atoms with van der Waals surface area (Å²) in [5, 5.41) is 4.12. The largest absolute Gasteiger partial charge is 0.361 e. The number of amides is 1. The molecule has 3 aromatic carbocycles. The van der Waals surface area contributed by atoms with E-state index in [4.69, 9.17) is 0 Å². The van der Waals surface area contributed by atoms with Crippen LogP contribution < -0.4 is 5.32 Å². The van der Waals surface area contributed by atoms with Crippen molar-refractivity contribution in [3.05, 3.63) is 102 Å². The number of hydrogen-bond donors (Lipinski definition) is 2. The van der Waals surface area contributed by atoms with Crippen molar-refractivity contribution in [1.29, 1.82) is 0 Å². The normalized spacial score (nSPS) is 10.7. The highest BCUT2D eigenvalue weighted by atomic mass is 16.1. The maximum absolute atomic E-state index is 12.3. The van der Waals surface area contributed by atoms with Crippen molar-refractivity contribution >= 4 is 22.5 Å². The summed E-state index contributed by atoms with van der Waals surface area (Å²) >= 11 is 0. The highest BCUT2D eigenvalue weighted by Gasteiger charge is 2.06. The maximum Gasteiger partial charge on any atom is 0.255 e. The van der Waals surface area contributed by atoms with E-state index in [1.165, 1.54) is 16.5 Å². The minimum Gasteiger partial charge on any atom is -0.361 e. The van der Waals surface area contributed by atoms with Crippen molar-refractivity contribution in [3.63, 3.8) is 0 Å². The number of H-pyrrole nitrogens is 1. The molecule has 0 aliphatic rings. The smallest absolute Gasteiger partial charge is 0.255 e. The molecule has 0 spiro atoms. The van der Waals surface area contributed by atoms with E-state index in [0.29, 0.717) is 5.56 Å². The number of anilines is 1. The van der Waals surface area contributed by atoms with Crippen LogP contribution in [0.2, 0.25) is 0 Å². The molecule has 4 rings (SSSR count). The number of nitrogens with one attached hydrogen (secondary N) is 2. The number of rotatable bonds is 4. The highest BCUT2D eigenvalue weighted by molar-refractivity contribution is 6.04. The van der Waals surface area contributed by atoms with Crippen molar-refractivity contribution in [3.8, 4) is 0 Å². The van der Waals surface area contributed by atoms with Gasteiger partial charge in [0.05, 0.1) is 0 Å². The number of aromatic amines is 1. The average molecular weight is 326 g/mol. The third-order valence-corrected chi connectivity index (χ3v) is 4.27. The molecule has 0 fully saturated rings. The van der Waals surface area contributed by atoms with Gasteiger partial charge in [0.15, 0.2) is 0 Å². The van der Waals surface area contributed by atoms with Gasteiger partial charge in [0, 0.05) is 23.0 Å². The molecule has 0 atom stereocenters. The van der Waals surface area contributed by atoms with Crippen LogP contribution in [0, 0.1) is 0 Å². The molecule has 0 bridgehead atoms. The van der Waals surface area contributed by atoms with Gasteiger partial charge in [-0.2, -0.15) is 0 Å². The Morgan fingerprint density at radius 2 is 1.60 bits per heavy atom. The Kier molecular flexibility index (Phi) is 4.05. The summed E-state index contributed by atoms with van der Waals surface area (Å²) in [6, 6.07) is 25.8. The number of fused-ring (bicyclic) bond motifs is 1. The lowest BCUT2D eigenvalue weighted by Gasteiger charge is -2.07. The summed E-state index contributed by atoms with van der Waals surface area (Å²) in [5.74, 6) is -0.0912. The summed E-state index contributed by atoms with van der Waals surface area (Å²) in [4.78, 5) is 15.5. The Balaban J connectivity index is 1.46. The average Bonchev–Trinajstić information content (AvgIpc) is 3.11. The quantitative estimate of drug-likeness (QED) is 0.544. The Morgan fingerprint density at radius 1 is 0.840 bits per heavy atom. The SMILES string of the molecule is O=C(Nc1ccccc1)c1ccc(Cc2ccc3[nH]ccc3c2)cc1. The van der Waals surface area contributed by atoms with Crippen LogP contribution in [0.1, 0.15) is 21.5 Å². The first kappa shape index (κ1) is 15.2. The fourth-order valence-electron chi connectivity index (χ4n) is 2.95. The second-order valence-electron chi connectivity index (χ2n) is 6.09. The number of hydrogen-bond acceptors (Lipinski definition) is 1. The minimum absolute atomic E-state index is 0.0912. The van der Waals surface area contributed by atoms with Gasteiger partial charge >= 0.3 is 0 Å². The fourth-order valence-corrected chi connectivity index (χ4v) is 2.95. The Morgan fingerprint density at radius 3 is 2.40 bits per heavy atom.